The number of hydrogen-bond acceptors (Lipinski definition) is 8. The van der Waals surface area contributed by atoms with Crippen LogP contribution < -0.4 is 15.0 Å². The number of methoxy groups -OCH3 is 1. The molecule has 0 aliphatic carbocycles. The molecule has 1 N–H and O–H groups in total. The Labute approximate surface area is 145 Å². The summed E-state index contributed by atoms with van der Waals surface area (Å²) in [6.07, 6.45) is 3.38. The van der Waals surface area contributed by atoms with Crippen molar-refractivity contribution in [2.24, 2.45) is 0 Å². The van der Waals surface area contributed by atoms with E-state index in [2.05, 4.69) is 25.4 Å². The van der Waals surface area contributed by atoms with E-state index in [0.717, 1.165) is 0 Å². The molecule has 134 valence electrons. The maximum atomic E-state index is 12.3. The molecule has 3 rings (SSSR count). The van der Waals surface area contributed by atoms with Gasteiger partial charge in [0, 0.05) is 25.5 Å². The average Bonchev–Trinajstić information content (AvgIpc) is 3.20. The van der Waals surface area contributed by atoms with E-state index in [1.54, 1.807) is 30.1 Å². The minimum Gasteiger partial charge on any atom is -0.467 e. The number of nitrogens with zero attached hydrogens (tertiary/aromatic N) is 6. The number of rotatable bonds is 6. The largest absolute Gasteiger partial charge is 0.467 e. The molecule has 1 aliphatic heterocycles. The lowest BCUT2D eigenvalue weighted by Crippen LogP contribution is -2.38. The van der Waals surface area contributed by atoms with E-state index in [1.165, 1.54) is 7.11 Å². The van der Waals surface area contributed by atoms with Crippen molar-refractivity contribution in [3.63, 3.8) is 0 Å². The van der Waals surface area contributed by atoms with Crippen LogP contribution >= 0.6 is 0 Å². The van der Waals surface area contributed by atoms with Crippen LogP contribution in [0, 0.1) is 0 Å². The van der Waals surface area contributed by atoms with Crippen LogP contribution in [0.3, 0.4) is 0 Å². The third kappa shape index (κ3) is 4.21. The fourth-order valence-electron chi connectivity index (χ4n) is 2.41. The van der Waals surface area contributed by atoms with Crippen molar-refractivity contribution in [1.82, 2.24) is 30.0 Å². The predicted molar refractivity (Wildman–Crippen MR) is 88.2 cm³/mol. The van der Waals surface area contributed by atoms with Crippen molar-refractivity contribution >= 4 is 11.9 Å². The maximum Gasteiger partial charge on any atom is 0.321 e. The fourth-order valence-corrected chi connectivity index (χ4v) is 2.41. The number of aromatic nitrogens is 5. The zero-order valence-corrected chi connectivity index (χ0v) is 14.3. The van der Waals surface area contributed by atoms with Crippen molar-refractivity contribution in [3.05, 3.63) is 24.3 Å². The van der Waals surface area contributed by atoms with Gasteiger partial charge in [-0.3, -0.25) is 9.48 Å². The average molecular weight is 347 g/mol. The molecule has 0 aromatic carbocycles. The van der Waals surface area contributed by atoms with E-state index in [0.29, 0.717) is 38.1 Å². The van der Waals surface area contributed by atoms with E-state index in [9.17, 15) is 4.79 Å². The highest BCUT2D eigenvalue weighted by molar-refractivity contribution is 5.79. The van der Waals surface area contributed by atoms with Crippen LogP contribution in [0.25, 0.3) is 0 Å². The zero-order valence-electron chi connectivity index (χ0n) is 14.3. The minimum atomic E-state index is -0.419. The van der Waals surface area contributed by atoms with E-state index >= 15 is 0 Å². The summed E-state index contributed by atoms with van der Waals surface area (Å²) in [5, 5.41) is 6.89. The molecule has 1 aliphatic rings. The van der Waals surface area contributed by atoms with Gasteiger partial charge in [0.25, 0.3) is 0 Å². The van der Waals surface area contributed by atoms with Crippen molar-refractivity contribution in [1.29, 1.82) is 0 Å². The lowest BCUT2D eigenvalue weighted by Gasteiger charge is -2.26. The van der Waals surface area contributed by atoms with Gasteiger partial charge in [-0.05, 0) is 13.0 Å². The third-order valence-corrected chi connectivity index (χ3v) is 3.85. The first-order valence-electron chi connectivity index (χ1n) is 8.06. The summed E-state index contributed by atoms with van der Waals surface area (Å²) >= 11 is 0. The highest BCUT2D eigenvalue weighted by Gasteiger charge is 2.18. The first kappa shape index (κ1) is 17.1. The Balaban J connectivity index is 1.67. The number of morpholine rings is 1. The fraction of sp³-hybridized carbons (Fsp3) is 0.533. The summed E-state index contributed by atoms with van der Waals surface area (Å²) in [6, 6.07) is 1.58. The molecule has 0 spiro atoms. The Morgan fingerprint density at radius 3 is 2.84 bits per heavy atom. The van der Waals surface area contributed by atoms with Gasteiger partial charge in [0.05, 0.1) is 26.9 Å². The van der Waals surface area contributed by atoms with Gasteiger partial charge in [-0.2, -0.15) is 20.1 Å². The minimum absolute atomic E-state index is 0.170. The number of carbonyl (C=O) groups is 1. The second kappa shape index (κ2) is 7.88. The van der Waals surface area contributed by atoms with Gasteiger partial charge in [-0.25, -0.2) is 0 Å². The molecule has 25 heavy (non-hydrogen) atoms. The first-order chi connectivity index (χ1) is 12.2. The van der Waals surface area contributed by atoms with Crippen molar-refractivity contribution < 1.29 is 14.3 Å². The summed E-state index contributed by atoms with van der Waals surface area (Å²) < 4.78 is 12.1. The molecule has 2 aromatic rings. The monoisotopic (exact) mass is 347 g/mol. The molecule has 1 unspecified atom stereocenters. The maximum absolute atomic E-state index is 12.3. The first-order valence-corrected chi connectivity index (χ1v) is 8.06. The number of carbonyl (C=O) groups excluding carboxylic acids is 1. The molecule has 1 atom stereocenters. The number of ether oxygens (including phenoxy) is 2. The van der Waals surface area contributed by atoms with Crippen LogP contribution in [0.15, 0.2) is 18.5 Å². The van der Waals surface area contributed by atoms with Gasteiger partial charge in [-0.1, -0.05) is 0 Å². The van der Waals surface area contributed by atoms with Crippen LogP contribution in [0.5, 0.6) is 6.01 Å². The molecule has 2 aromatic heterocycles. The van der Waals surface area contributed by atoms with E-state index < -0.39 is 6.04 Å². The molecule has 0 radical (unpaired) electrons. The second-order valence-corrected chi connectivity index (χ2v) is 5.52. The van der Waals surface area contributed by atoms with Crippen LogP contribution in [-0.2, 0) is 16.1 Å². The molecular formula is C15H21N7O3. The molecule has 10 nitrogen and oxygen atoms in total. The molecular weight excluding hydrogens is 326 g/mol. The Hall–Kier alpha value is -2.75. The normalized spacial score (nSPS) is 15.7. The molecule has 1 fully saturated rings. The summed E-state index contributed by atoms with van der Waals surface area (Å²) in [6.45, 7) is 4.61. The standard InChI is InChI=1S/C15H21N7O3/c1-11(22-5-3-4-17-22)13(23)16-10-12-18-14(20-15(19-12)24-2)21-6-8-25-9-7-21/h3-5,11H,6-10H2,1-2H3,(H,16,23). The smallest absolute Gasteiger partial charge is 0.321 e. The predicted octanol–water partition coefficient (Wildman–Crippen LogP) is -0.209. The molecule has 10 heteroatoms. The van der Waals surface area contributed by atoms with Crippen LogP contribution in [0.1, 0.15) is 18.8 Å². The van der Waals surface area contributed by atoms with E-state index in [1.807, 2.05) is 4.90 Å². The van der Waals surface area contributed by atoms with Crippen LogP contribution in [-0.4, -0.2) is 64.1 Å². The number of anilines is 1. The number of nitrogens with one attached hydrogen (secondary N) is 1. The summed E-state index contributed by atoms with van der Waals surface area (Å²) in [7, 11) is 1.50. The van der Waals surface area contributed by atoms with Gasteiger partial charge in [-0.15, -0.1) is 0 Å². The Morgan fingerprint density at radius 2 is 2.16 bits per heavy atom. The van der Waals surface area contributed by atoms with Crippen molar-refractivity contribution in [2.45, 2.75) is 19.5 Å². The quantitative estimate of drug-likeness (QED) is 0.765. The topological polar surface area (TPSA) is 107 Å². The lowest BCUT2D eigenvalue weighted by atomic mass is 10.3. The highest BCUT2D eigenvalue weighted by Crippen LogP contribution is 2.14. The van der Waals surface area contributed by atoms with Crippen LogP contribution in [0.2, 0.25) is 0 Å². The number of amides is 1. The molecule has 1 saturated heterocycles. The summed E-state index contributed by atoms with van der Waals surface area (Å²) in [5.74, 6) is 0.796. The lowest BCUT2D eigenvalue weighted by molar-refractivity contribution is -0.124. The SMILES string of the molecule is COc1nc(CNC(=O)C(C)n2cccn2)nc(N2CCOCC2)n1. The van der Waals surface area contributed by atoms with E-state index in [-0.39, 0.29) is 18.5 Å². The van der Waals surface area contributed by atoms with Gasteiger partial charge in [0.15, 0.2) is 5.82 Å². The van der Waals surface area contributed by atoms with E-state index in [4.69, 9.17) is 9.47 Å². The Bertz CT molecular complexity index is 701. The van der Waals surface area contributed by atoms with Gasteiger partial charge in [0.1, 0.15) is 6.04 Å². The highest BCUT2D eigenvalue weighted by atomic mass is 16.5. The second-order valence-electron chi connectivity index (χ2n) is 5.52. The van der Waals surface area contributed by atoms with Crippen molar-refractivity contribution in [3.8, 4) is 6.01 Å². The van der Waals surface area contributed by atoms with Gasteiger partial charge in [0.2, 0.25) is 11.9 Å². The zero-order chi connectivity index (χ0) is 17.6. The third-order valence-electron chi connectivity index (χ3n) is 3.85. The van der Waals surface area contributed by atoms with Crippen LogP contribution in [0.4, 0.5) is 5.95 Å². The summed E-state index contributed by atoms with van der Waals surface area (Å²) in [5.41, 5.74) is 0. The van der Waals surface area contributed by atoms with Gasteiger partial charge >= 0.3 is 6.01 Å². The molecule has 0 saturated carbocycles. The van der Waals surface area contributed by atoms with Crippen molar-refractivity contribution in [2.75, 3.05) is 38.3 Å². The van der Waals surface area contributed by atoms with Gasteiger partial charge < -0.3 is 19.7 Å². The Morgan fingerprint density at radius 1 is 1.36 bits per heavy atom. The molecule has 1 amide bonds. The summed E-state index contributed by atoms with van der Waals surface area (Å²) in [4.78, 5) is 27.2. The Kier molecular flexibility index (Phi) is 5.39. The molecule has 0 bridgehead atoms. The number of hydrogen-bond donors (Lipinski definition) is 1. The molecule has 3 heterocycles.